The van der Waals surface area contributed by atoms with Gasteiger partial charge in [0.25, 0.3) is 0 Å². The van der Waals surface area contributed by atoms with E-state index in [0.29, 0.717) is 18.1 Å². The van der Waals surface area contributed by atoms with Crippen molar-refractivity contribution in [3.8, 4) is 0 Å². The Bertz CT molecular complexity index is 306. The van der Waals surface area contributed by atoms with Crippen molar-refractivity contribution >= 4 is 11.8 Å². The SMILES string of the molecule is CCCOC(=O)c1cc(N)nn1C. The monoisotopic (exact) mass is 183 g/mol. The van der Waals surface area contributed by atoms with Crippen molar-refractivity contribution in [2.75, 3.05) is 12.3 Å². The van der Waals surface area contributed by atoms with Crippen LogP contribution in [0.4, 0.5) is 5.82 Å². The van der Waals surface area contributed by atoms with Gasteiger partial charge in [-0.2, -0.15) is 5.10 Å². The Kier molecular flexibility index (Phi) is 2.89. The van der Waals surface area contributed by atoms with Crippen molar-refractivity contribution < 1.29 is 9.53 Å². The normalized spacial score (nSPS) is 10.0. The summed E-state index contributed by atoms with van der Waals surface area (Å²) in [6.07, 6.45) is 0.805. The summed E-state index contributed by atoms with van der Waals surface area (Å²) >= 11 is 0. The average molecular weight is 183 g/mol. The van der Waals surface area contributed by atoms with Gasteiger partial charge in [0.15, 0.2) is 0 Å². The topological polar surface area (TPSA) is 70.1 Å². The molecule has 0 aliphatic rings. The molecule has 1 aromatic heterocycles. The van der Waals surface area contributed by atoms with Crippen LogP contribution >= 0.6 is 0 Å². The molecule has 1 rings (SSSR count). The van der Waals surface area contributed by atoms with Gasteiger partial charge in [0.1, 0.15) is 11.5 Å². The Morgan fingerprint density at radius 2 is 2.46 bits per heavy atom. The number of esters is 1. The fourth-order valence-corrected chi connectivity index (χ4v) is 0.949. The molecule has 0 amide bonds. The van der Waals surface area contributed by atoms with Crippen molar-refractivity contribution in [3.63, 3.8) is 0 Å². The molecule has 0 saturated carbocycles. The van der Waals surface area contributed by atoms with Crippen molar-refractivity contribution in [1.82, 2.24) is 9.78 Å². The lowest BCUT2D eigenvalue weighted by Gasteiger charge is -2.01. The fourth-order valence-electron chi connectivity index (χ4n) is 0.949. The maximum absolute atomic E-state index is 11.3. The number of nitrogens with zero attached hydrogens (tertiary/aromatic N) is 2. The van der Waals surface area contributed by atoms with Crippen LogP contribution in [-0.2, 0) is 11.8 Å². The Hall–Kier alpha value is -1.52. The van der Waals surface area contributed by atoms with Gasteiger partial charge in [0.05, 0.1) is 6.61 Å². The van der Waals surface area contributed by atoms with Gasteiger partial charge in [-0.1, -0.05) is 6.92 Å². The summed E-state index contributed by atoms with van der Waals surface area (Å²) in [6, 6.07) is 1.50. The van der Waals surface area contributed by atoms with E-state index in [1.807, 2.05) is 6.92 Å². The molecule has 2 N–H and O–H groups in total. The van der Waals surface area contributed by atoms with Crippen molar-refractivity contribution in [2.24, 2.45) is 7.05 Å². The maximum Gasteiger partial charge on any atom is 0.356 e. The summed E-state index contributed by atoms with van der Waals surface area (Å²) in [5, 5.41) is 3.83. The van der Waals surface area contributed by atoms with Crippen LogP contribution in [0, 0.1) is 0 Å². The van der Waals surface area contributed by atoms with Crippen molar-refractivity contribution in [1.29, 1.82) is 0 Å². The number of nitrogen functional groups attached to an aromatic ring is 1. The third kappa shape index (κ3) is 2.21. The first-order chi connectivity index (χ1) is 6.15. The molecule has 0 aliphatic carbocycles. The van der Waals surface area contributed by atoms with Gasteiger partial charge in [0, 0.05) is 13.1 Å². The van der Waals surface area contributed by atoms with Crippen LogP contribution in [0.2, 0.25) is 0 Å². The van der Waals surface area contributed by atoms with E-state index in [-0.39, 0.29) is 5.97 Å². The number of hydrogen-bond donors (Lipinski definition) is 1. The largest absolute Gasteiger partial charge is 0.461 e. The van der Waals surface area contributed by atoms with Crippen LogP contribution in [0.1, 0.15) is 23.8 Å². The van der Waals surface area contributed by atoms with Gasteiger partial charge in [-0.25, -0.2) is 4.79 Å². The van der Waals surface area contributed by atoms with E-state index in [9.17, 15) is 4.79 Å². The first kappa shape index (κ1) is 9.57. The highest BCUT2D eigenvalue weighted by Crippen LogP contribution is 2.05. The molecule has 5 heteroatoms. The van der Waals surface area contributed by atoms with E-state index in [4.69, 9.17) is 10.5 Å². The Morgan fingerprint density at radius 1 is 1.77 bits per heavy atom. The molecule has 0 spiro atoms. The lowest BCUT2D eigenvalue weighted by molar-refractivity contribution is 0.0492. The predicted molar refractivity (Wildman–Crippen MR) is 48.2 cm³/mol. The molecule has 0 aromatic carbocycles. The summed E-state index contributed by atoms with van der Waals surface area (Å²) in [5.41, 5.74) is 5.79. The number of nitrogens with two attached hydrogens (primary N) is 1. The Labute approximate surface area is 76.5 Å². The molecule has 0 aliphatic heterocycles. The Morgan fingerprint density at radius 3 is 2.92 bits per heavy atom. The molecule has 1 heterocycles. The molecule has 72 valence electrons. The second kappa shape index (κ2) is 3.93. The second-order valence-corrected chi connectivity index (χ2v) is 2.71. The molecule has 0 bridgehead atoms. The number of carbonyl (C=O) groups excluding carboxylic acids is 1. The lowest BCUT2D eigenvalue weighted by atomic mass is 10.4. The van der Waals surface area contributed by atoms with E-state index in [0.717, 1.165) is 6.42 Å². The van der Waals surface area contributed by atoms with Gasteiger partial charge < -0.3 is 10.5 Å². The average Bonchev–Trinajstić information content (AvgIpc) is 2.41. The van der Waals surface area contributed by atoms with Crippen LogP contribution in [0.25, 0.3) is 0 Å². The summed E-state index contributed by atoms with van der Waals surface area (Å²) in [7, 11) is 1.65. The number of anilines is 1. The van der Waals surface area contributed by atoms with E-state index >= 15 is 0 Å². The van der Waals surface area contributed by atoms with Crippen LogP contribution in [0.5, 0.6) is 0 Å². The van der Waals surface area contributed by atoms with Crippen LogP contribution in [-0.4, -0.2) is 22.4 Å². The number of carbonyl (C=O) groups is 1. The third-order valence-corrected chi connectivity index (χ3v) is 1.55. The maximum atomic E-state index is 11.3. The van der Waals surface area contributed by atoms with Gasteiger partial charge in [-0.3, -0.25) is 4.68 Å². The summed E-state index contributed by atoms with van der Waals surface area (Å²) in [5.74, 6) is -0.0560. The molecule has 0 radical (unpaired) electrons. The van der Waals surface area contributed by atoms with Crippen LogP contribution < -0.4 is 5.73 Å². The molecule has 13 heavy (non-hydrogen) atoms. The predicted octanol–water partition coefficient (Wildman–Crippen LogP) is 0.569. The molecular formula is C8H13N3O2. The number of hydrogen-bond acceptors (Lipinski definition) is 4. The van der Waals surface area contributed by atoms with E-state index < -0.39 is 0 Å². The molecule has 0 fully saturated rings. The Balaban J connectivity index is 2.70. The first-order valence-electron chi connectivity index (χ1n) is 4.11. The minimum Gasteiger partial charge on any atom is -0.461 e. The molecule has 1 aromatic rings. The summed E-state index contributed by atoms with van der Waals surface area (Å²) in [6.45, 7) is 2.36. The number of aryl methyl sites for hydroxylation is 1. The fraction of sp³-hybridized carbons (Fsp3) is 0.500. The van der Waals surface area contributed by atoms with Gasteiger partial charge in [-0.05, 0) is 6.42 Å². The molecule has 0 atom stereocenters. The number of aromatic nitrogens is 2. The van der Waals surface area contributed by atoms with Crippen molar-refractivity contribution in [2.45, 2.75) is 13.3 Å². The lowest BCUT2D eigenvalue weighted by Crippen LogP contribution is -2.10. The summed E-state index contributed by atoms with van der Waals surface area (Å²) in [4.78, 5) is 11.3. The number of ether oxygens (including phenoxy) is 1. The zero-order valence-corrected chi connectivity index (χ0v) is 7.78. The minimum absolute atomic E-state index is 0.325. The molecular weight excluding hydrogens is 170 g/mol. The second-order valence-electron chi connectivity index (χ2n) is 2.71. The quantitative estimate of drug-likeness (QED) is 0.695. The summed E-state index contributed by atoms with van der Waals surface area (Å²) < 4.78 is 6.33. The van der Waals surface area contributed by atoms with Crippen LogP contribution in [0.3, 0.4) is 0 Å². The zero-order valence-electron chi connectivity index (χ0n) is 7.78. The number of rotatable bonds is 3. The van der Waals surface area contributed by atoms with Gasteiger partial charge in [0.2, 0.25) is 0 Å². The molecule has 0 unspecified atom stereocenters. The highest BCUT2D eigenvalue weighted by molar-refractivity contribution is 5.88. The highest BCUT2D eigenvalue weighted by Gasteiger charge is 2.12. The minimum atomic E-state index is -0.381. The third-order valence-electron chi connectivity index (χ3n) is 1.55. The van der Waals surface area contributed by atoms with E-state index in [1.54, 1.807) is 7.05 Å². The van der Waals surface area contributed by atoms with Gasteiger partial charge >= 0.3 is 5.97 Å². The smallest absolute Gasteiger partial charge is 0.356 e. The molecule has 0 saturated heterocycles. The standard InChI is InChI=1S/C8H13N3O2/c1-3-4-13-8(12)6-5-7(9)10-11(6)2/h5H,3-4H2,1-2H3,(H2,9,10). The highest BCUT2D eigenvalue weighted by atomic mass is 16.5. The van der Waals surface area contributed by atoms with E-state index in [2.05, 4.69) is 5.10 Å². The van der Waals surface area contributed by atoms with E-state index in [1.165, 1.54) is 10.7 Å². The van der Waals surface area contributed by atoms with Crippen molar-refractivity contribution in [3.05, 3.63) is 11.8 Å². The van der Waals surface area contributed by atoms with Crippen LogP contribution in [0.15, 0.2) is 6.07 Å². The zero-order chi connectivity index (χ0) is 9.84. The first-order valence-corrected chi connectivity index (χ1v) is 4.11. The van der Waals surface area contributed by atoms with Gasteiger partial charge in [-0.15, -0.1) is 0 Å². The molecule has 5 nitrogen and oxygen atoms in total.